The number of nitrogens with one attached hydrogen (secondary N) is 1. The van der Waals surface area contributed by atoms with Crippen LogP contribution in [0.1, 0.15) is 31.4 Å². The highest BCUT2D eigenvalue weighted by Crippen LogP contribution is 2.25. The molecule has 2 atom stereocenters. The number of nitrogens with two attached hydrogens (primary N) is 1. The topological polar surface area (TPSA) is 93.8 Å². The number of aromatic nitrogens is 3. The smallest absolute Gasteiger partial charge is 0.222 e. The number of amides is 1. The maximum Gasteiger partial charge on any atom is 0.222 e. The molecule has 6 heteroatoms. The number of fused-ring (bicyclic) bond motifs is 1. The van der Waals surface area contributed by atoms with Crippen LogP contribution in [0.5, 0.6) is 0 Å². The van der Waals surface area contributed by atoms with E-state index in [2.05, 4.69) is 26.3 Å². The van der Waals surface area contributed by atoms with Gasteiger partial charge in [0.25, 0.3) is 0 Å². The summed E-state index contributed by atoms with van der Waals surface area (Å²) < 4.78 is 0. The molecule has 27 heavy (non-hydrogen) atoms. The SMILES string of the molecule is NC(=O)C1CCCCC1NCc1cc(-c2ccc3nccnc3c2)ccn1. The van der Waals surface area contributed by atoms with Crippen molar-refractivity contribution in [1.82, 2.24) is 20.3 Å². The average molecular weight is 361 g/mol. The normalized spacial score (nSPS) is 19.9. The molecule has 0 saturated heterocycles. The van der Waals surface area contributed by atoms with E-state index in [0.29, 0.717) is 6.54 Å². The summed E-state index contributed by atoms with van der Waals surface area (Å²) in [5.74, 6) is -0.285. The third kappa shape index (κ3) is 3.95. The Morgan fingerprint density at radius 2 is 1.74 bits per heavy atom. The lowest BCUT2D eigenvalue weighted by molar-refractivity contribution is -0.123. The van der Waals surface area contributed by atoms with Gasteiger partial charge in [0.2, 0.25) is 5.91 Å². The first-order chi connectivity index (χ1) is 13.2. The molecule has 2 heterocycles. The predicted molar refractivity (Wildman–Crippen MR) is 105 cm³/mol. The number of carbonyl (C=O) groups is 1. The zero-order chi connectivity index (χ0) is 18.6. The molecule has 2 unspecified atom stereocenters. The maximum atomic E-state index is 11.7. The van der Waals surface area contributed by atoms with Crippen molar-refractivity contribution in [3.05, 3.63) is 54.6 Å². The van der Waals surface area contributed by atoms with Crippen molar-refractivity contribution in [2.45, 2.75) is 38.3 Å². The second-order valence-electron chi connectivity index (χ2n) is 7.08. The Bertz CT molecular complexity index is 958. The summed E-state index contributed by atoms with van der Waals surface area (Å²) in [5.41, 5.74) is 10.4. The van der Waals surface area contributed by atoms with Crippen molar-refractivity contribution < 1.29 is 4.79 Å². The Morgan fingerprint density at radius 3 is 2.59 bits per heavy atom. The van der Waals surface area contributed by atoms with Crippen molar-refractivity contribution >= 4 is 16.9 Å². The van der Waals surface area contributed by atoms with Gasteiger partial charge in [-0.15, -0.1) is 0 Å². The van der Waals surface area contributed by atoms with E-state index in [1.165, 1.54) is 0 Å². The van der Waals surface area contributed by atoms with E-state index in [1.807, 2.05) is 30.5 Å². The number of hydrogen-bond acceptors (Lipinski definition) is 5. The molecular formula is C21H23N5O. The highest BCUT2D eigenvalue weighted by molar-refractivity contribution is 5.81. The first kappa shape index (κ1) is 17.5. The molecule has 0 bridgehead atoms. The molecule has 1 aromatic carbocycles. The molecule has 4 rings (SSSR count). The van der Waals surface area contributed by atoms with Crippen molar-refractivity contribution in [3.8, 4) is 11.1 Å². The summed E-state index contributed by atoms with van der Waals surface area (Å²) in [6.07, 6.45) is 9.28. The molecule has 1 amide bonds. The number of nitrogens with zero attached hydrogens (tertiary/aromatic N) is 3. The number of hydrogen-bond donors (Lipinski definition) is 2. The second kappa shape index (κ2) is 7.80. The van der Waals surface area contributed by atoms with Gasteiger partial charge in [-0.25, -0.2) is 0 Å². The Morgan fingerprint density at radius 1 is 0.963 bits per heavy atom. The molecule has 3 aromatic rings. The van der Waals surface area contributed by atoms with Gasteiger partial charge < -0.3 is 11.1 Å². The van der Waals surface area contributed by atoms with Crippen LogP contribution < -0.4 is 11.1 Å². The van der Waals surface area contributed by atoms with Crippen LogP contribution in [0.25, 0.3) is 22.2 Å². The highest BCUT2D eigenvalue weighted by atomic mass is 16.1. The standard InChI is InChI=1S/C21H23N5O/c22-21(27)17-3-1-2-4-18(17)26-13-16-11-15(7-8-23-16)14-5-6-19-20(12-14)25-10-9-24-19/h5-12,17-18,26H,1-4,13H2,(H2,22,27). The van der Waals surface area contributed by atoms with Gasteiger partial charge in [0.05, 0.1) is 22.6 Å². The molecule has 1 aliphatic carbocycles. The fourth-order valence-electron chi connectivity index (χ4n) is 3.85. The summed E-state index contributed by atoms with van der Waals surface area (Å²) in [4.78, 5) is 24.8. The fraction of sp³-hybridized carbons (Fsp3) is 0.333. The first-order valence-corrected chi connectivity index (χ1v) is 9.39. The summed E-state index contributed by atoms with van der Waals surface area (Å²) >= 11 is 0. The second-order valence-corrected chi connectivity index (χ2v) is 7.08. The van der Waals surface area contributed by atoms with Crippen molar-refractivity contribution in [3.63, 3.8) is 0 Å². The lowest BCUT2D eigenvalue weighted by Crippen LogP contribution is -2.44. The van der Waals surface area contributed by atoms with Crippen LogP contribution in [-0.4, -0.2) is 26.9 Å². The fourth-order valence-corrected chi connectivity index (χ4v) is 3.85. The van der Waals surface area contributed by atoms with E-state index in [1.54, 1.807) is 12.4 Å². The molecule has 138 valence electrons. The predicted octanol–water partition coefficient (Wildman–Crippen LogP) is 2.83. The van der Waals surface area contributed by atoms with Gasteiger partial charge in [-0.05, 0) is 48.2 Å². The van der Waals surface area contributed by atoms with Gasteiger partial charge in [-0.3, -0.25) is 19.7 Å². The van der Waals surface area contributed by atoms with Gasteiger partial charge in [0, 0.05) is 31.2 Å². The van der Waals surface area contributed by atoms with Crippen LogP contribution in [-0.2, 0) is 11.3 Å². The van der Waals surface area contributed by atoms with Gasteiger partial charge >= 0.3 is 0 Å². The molecule has 6 nitrogen and oxygen atoms in total. The van der Waals surface area contributed by atoms with Crippen molar-refractivity contribution in [1.29, 1.82) is 0 Å². The van der Waals surface area contributed by atoms with E-state index in [0.717, 1.165) is 53.5 Å². The molecule has 0 aliphatic heterocycles. The summed E-state index contributed by atoms with van der Waals surface area (Å²) in [7, 11) is 0. The van der Waals surface area contributed by atoms with E-state index in [4.69, 9.17) is 5.73 Å². The molecule has 1 fully saturated rings. The van der Waals surface area contributed by atoms with Crippen LogP contribution in [0.15, 0.2) is 48.9 Å². The summed E-state index contributed by atoms with van der Waals surface area (Å²) in [6.45, 7) is 0.621. The van der Waals surface area contributed by atoms with Crippen LogP contribution in [0.2, 0.25) is 0 Å². The van der Waals surface area contributed by atoms with Crippen LogP contribution in [0, 0.1) is 5.92 Å². The minimum absolute atomic E-state index is 0.0824. The zero-order valence-corrected chi connectivity index (χ0v) is 15.1. The number of pyridine rings is 1. The van der Waals surface area contributed by atoms with Gasteiger partial charge in [0.1, 0.15) is 0 Å². The maximum absolute atomic E-state index is 11.7. The van der Waals surface area contributed by atoms with Crippen LogP contribution in [0.4, 0.5) is 0 Å². The molecule has 0 radical (unpaired) electrons. The Kier molecular flexibility index (Phi) is 5.07. The van der Waals surface area contributed by atoms with Crippen LogP contribution in [0.3, 0.4) is 0 Å². The molecule has 2 aromatic heterocycles. The largest absolute Gasteiger partial charge is 0.369 e. The van der Waals surface area contributed by atoms with Crippen LogP contribution >= 0.6 is 0 Å². The molecular weight excluding hydrogens is 338 g/mol. The van der Waals surface area contributed by atoms with Gasteiger partial charge in [-0.1, -0.05) is 18.9 Å². The highest BCUT2D eigenvalue weighted by Gasteiger charge is 2.28. The third-order valence-electron chi connectivity index (χ3n) is 5.30. The van der Waals surface area contributed by atoms with E-state index < -0.39 is 0 Å². The summed E-state index contributed by atoms with van der Waals surface area (Å²) in [5, 5.41) is 3.49. The third-order valence-corrected chi connectivity index (χ3v) is 5.30. The summed E-state index contributed by atoms with van der Waals surface area (Å²) in [6, 6.07) is 10.3. The Labute approximate surface area is 158 Å². The molecule has 1 saturated carbocycles. The van der Waals surface area contributed by atoms with Gasteiger partial charge in [-0.2, -0.15) is 0 Å². The minimum Gasteiger partial charge on any atom is -0.369 e. The quantitative estimate of drug-likeness (QED) is 0.729. The molecule has 3 N–H and O–H groups in total. The van der Waals surface area contributed by atoms with Gasteiger partial charge in [0.15, 0.2) is 0 Å². The molecule has 1 aliphatic rings. The lowest BCUT2D eigenvalue weighted by Gasteiger charge is -2.30. The zero-order valence-electron chi connectivity index (χ0n) is 15.1. The molecule has 0 spiro atoms. The lowest BCUT2D eigenvalue weighted by atomic mass is 9.84. The average Bonchev–Trinajstić information content (AvgIpc) is 2.72. The number of rotatable bonds is 5. The van der Waals surface area contributed by atoms with E-state index in [9.17, 15) is 4.79 Å². The Hall–Kier alpha value is -2.86. The number of benzene rings is 1. The monoisotopic (exact) mass is 361 g/mol. The Balaban J connectivity index is 1.51. The van der Waals surface area contributed by atoms with E-state index in [-0.39, 0.29) is 17.9 Å². The first-order valence-electron chi connectivity index (χ1n) is 9.39. The van der Waals surface area contributed by atoms with Crippen molar-refractivity contribution in [2.75, 3.05) is 0 Å². The van der Waals surface area contributed by atoms with E-state index >= 15 is 0 Å². The number of carbonyl (C=O) groups excluding carboxylic acids is 1. The van der Waals surface area contributed by atoms with Crippen molar-refractivity contribution in [2.24, 2.45) is 11.7 Å². The minimum atomic E-state index is -0.203. The number of primary amides is 1.